The van der Waals surface area contributed by atoms with Gasteiger partial charge in [-0.15, -0.1) is 0 Å². The zero-order chi connectivity index (χ0) is 24.2. The molecule has 0 atom stereocenters. The fraction of sp³-hybridized carbons (Fsp3) is 0.933. The Morgan fingerprint density at radius 1 is 0.394 bits per heavy atom. The van der Waals surface area contributed by atoms with E-state index in [1.807, 2.05) is 0 Å². The molecule has 33 heavy (non-hydrogen) atoms. The van der Waals surface area contributed by atoms with Gasteiger partial charge in [-0.1, -0.05) is 142 Å². The number of aliphatic carboxylic acids is 1. The monoisotopic (exact) mass is 466 g/mol. The van der Waals surface area contributed by atoms with Gasteiger partial charge < -0.3 is 5.11 Å². The van der Waals surface area contributed by atoms with Crippen LogP contribution < -0.4 is 0 Å². The van der Waals surface area contributed by atoms with Gasteiger partial charge in [-0.25, -0.2) is 0 Å². The first-order chi connectivity index (χ1) is 16.2. The Morgan fingerprint density at radius 2 is 0.636 bits per heavy atom. The molecule has 0 unspecified atom stereocenters. The third-order valence-electron chi connectivity index (χ3n) is 6.91. The SMILES string of the molecule is CCCCCCCCCCCCCCCCC(=O)CCCCCCCCCCCCC(=O)O. The van der Waals surface area contributed by atoms with Crippen LogP contribution in [-0.2, 0) is 9.59 Å². The Hall–Kier alpha value is -0.860. The number of carboxylic acid groups (broad SMARTS) is 1. The van der Waals surface area contributed by atoms with Crippen LogP contribution in [0.5, 0.6) is 0 Å². The molecule has 0 bridgehead atoms. The Bertz CT molecular complexity index is 419. The van der Waals surface area contributed by atoms with Crippen LogP contribution in [-0.4, -0.2) is 16.9 Å². The minimum absolute atomic E-state index is 0.318. The molecule has 0 aliphatic carbocycles. The highest BCUT2D eigenvalue weighted by molar-refractivity contribution is 5.78. The zero-order valence-electron chi connectivity index (χ0n) is 22.4. The first-order valence-corrected chi connectivity index (χ1v) is 14.9. The third-order valence-corrected chi connectivity index (χ3v) is 6.91. The first-order valence-electron chi connectivity index (χ1n) is 14.9. The predicted molar refractivity (Wildman–Crippen MR) is 143 cm³/mol. The molecule has 0 amide bonds. The summed E-state index contributed by atoms with van der Waals surface area (Å²) in [7, 11) is 0. The number of carboxylic acids is 1. The quantitative estimate of drug-likeness (QED) is 0.117. The van der Waals surface area contributed by atoms with Gasteiger partial charge in [0.15, 0.2) is 0 Å². The number of carbonyl (C=O) groups excluding carboxylic acids is 1. The van der Waals surface area contributed by atoms with Crippen molar-refractivity contribution in [2.24, 2.45) is 0 Å². The second kappa shape index (κ2) is 27.4. The fourth-order valence-corrected chi connectivity index (χ4v) is 4.65. The van der Waals surface area contributed by atoms with Crippen molar-refractivity contribution >= 4 is 11.8 Å². The van der Waals surface area contributed by atoms with Crippen molar-refractivity contribution in [3.8, 4) is 0 Å². The van der Waals surface area contributed by atoms with Crippen LogP contribution in [0.3, 0.4) is 0 Å². The summed E-state index contributed by atoms with van der Waals surface area (Å²) >= 11 is 0. The maximum absolute atomic E-state index is 12.0. The van der Waals surface area contributed by atoms with E-state index < -0.39 is 5.97 Å². The van der Waals surface area contributed by atoms with Crippen molar-refractivity contribution < 1.29 is 14.7 Å². The normalized spacial score (nSPS) is 11.2. The number of hydrogen-bond acceptors (Lipinski definition) is 2. The number of Topliss-reactive ketones (excluding diaryl/α,β-unsaturated/α-hetero) is 1. The van der Waals surface area contributed by atoms with E-state index in [9.17, 15) is 9.59 Å². The van der Waals surface area contributed by atoms with Gasteiger partial charge in [-0.3, -0.25) is 9.59 Å². The van der Waals surface area contributed by atoms with Gasteiger partial charge in [0.1, 0.15) is 5.78 Å². The van der Waals surface area contributed by atoms with E-state index in [1.165, 1.54) is 128 Å². The lowest BCUT2D eigenvalue weighted by Gasteiger charge is -2.04. The van der Waals surface area contributed by atoms with Crippen LogP contribution in [0.25, 0.3) is 0 Å². The van der Waals surface area contributed by atoms with E-state index >= 15 is 0 Å². The van der Waals surface area contributed by atoms with Crippen LogP contribution in [0.1, 0.15) is 180 Å². The predicted octanol–water partition coefficient (Wildman–Crippen LogP) is 10.2. The second-order valence-electron chi connectivity index (χ2n) is 10.3. The number of hydrogen-bond donors (Lipinski definition) is 1. The molecular weight excluding hydrogens is 408 g/mol. The van der Waals surface area contributed by atoms with Crippen LogP contribution in [0.2, 0.25) is 0 Å². The molecule has 3 nitrogen and oxygen atoms in total. The summed E-state index contributed by atoms with van der Waals surface area (Å²) < 4.78 is 0. The van der Waals surface area contributed by atoms with Crippen molar-refractivity contribution in [1.82, 2.24) is 0 Å². The molecule has 196 valence electrons. The lowest BCUT2D eigenvalue weighted by molar-refractivity contribution is -0.137. The van der Waals surface area contributed by atoms with Gasteiger partial charge in [0.25, 0.3) is 0 Å². The third kappa shape index (κ3) is 29.1. The topological polar surface area (TPSA) is 54.4 Å². The van der Waals surface area contributed by atoms with Crippen LogP contribution in [0, 0.1) is 0 Å². The molecule has 0 aliphatic heterocycles. The van der Waals surface area contributed by atoms with Gasteiger partial charge in [0, 0.05) is 19.3 Å². The minimum atomic E-state index is -0.673. The maximum atomic E-state index is 12.0. The summed E-state index contributed by atoms with van der Waals surface area (Å²) in [5, 5.41) is 8.60. The van der Waals surface area contributed by atoms with E-state index in [1.54, 1.807) is 0 Å². The Kier molecular flexibility index (Phi) is 26.7. The highest BCUT2D eigenvalue weighted by atomic mass is 16.4. The van der Waals surface area contributed by atoms with Gasteiger partial charge >= 0.3 is 5.97 Å². The average Bonchev–Trinajstić information content (AvgIpc) is 2.79. The molecule has 0 fully saturated rings. The van der Waals surface area contributed by atoms with Crippen LogP contribution in [0.15, 0.2) is 0 Å². The second-order valence-corrected chi connectivity index (χ2v) is 10.3. The largest absolute Gasteiger partial charge is 0.481 e. The number of rotatable bonds is 28. The number of ketones is 1. The molecule has 0 aliphatic rings. The summed E-state index contributed by atoms with van der Waals surface area (Å²) in [6, 6.07) is 0. The zero-order valence-corrected chi connectivity index (χ0v) is 22.4. The first kappa shape index (κ1) is 32.1. The number of carbonyl (C=O) groups is 2. The molecule has 0 heterocycles. The lowest BCUT2D eigenvalue weighted by atomic mass is 10.0. The maximum Gasteiger partial charge on any atom is 0.303 e. The molecule has 0 saturated carbocycles. The van der Waals surface area contributed by atoms with Crippen LogP contribution >= 0.6 is 0 Å². The van der Waals surface area contributed by atoms with Crippen molar-refractivity contribution in [2.75, 3.05) is 0 Å². The Labute approximate surface area is 206 Å². The summed E-state index contributed by atoms with van der Waals surface area (Å²) in [5.41, 5.74) is 0. The molecule has 0 rings (SSSR count). The van der Waals surface area contributed by atoms with Crippen molar-refractivity contribution in [2.45, 2.75) is 180 Å². The minimum Gasteiger partial charge on any atom is -0.481 e. The molecule has 0 aromatic carbocycles. The van der Waals surface area contributed by atoms with E-state index in [0.29, 0.717) is 12.2 Å². The number of unbranched alkanes of at least 4 members (excludes halogenated alkanes) is 22. The van der Waals surface area contributed by atoms with E-state index in [4.69, 9.17) is 5.11 Å². The van der Waals surface area contributed by atoms with Crippen LogP contribution in [0.4, 0.5) is 0 Å². The highest BCUT2D eigenvalue weighted by Gasteiger charge is 2.02. The van der Waals surface area contributed by atoms with Gasteiger partial charge in [0.05, 0.1) is 0 Å². The Balaban J connectivity index is 3.16. The summed E-state index contributed by atoms with van der Waals surface area (Å²) in [6.45, 7) is 2.28. The van der Waals surface area contributed by atoms with Gasteiger partial charge in [0.2, 0.25) is 0 Å². The van der Waals surface area contributed by atoms with Crippen molar-refractivity contribution in [1.29, 1.82) is 0 Å². The summed E-state index contributed by atoms with van der Waals surface area (Å²) in [5.74, 6) is -0.191. The molecule has 1 N–H and O–H groups in total. The summed E-state index contributed by atoms with van der Waals surface area (Å²) in [6.07, 6.45) is 32.7. The summed E-state index contributed by atoms with van der Waals surface area (Å²) in [4.78, 5) is 22.5. The molecule has 0 spiro atoms. The standard InChI is InChI=1S/C30H58O3/c1-2-3-4-5-6-7-8-9-10-11-14-17-20-23-26-29(31)27-24-21-18-15-12-13-16-19-22-25-28-30(32)33/h2-28H2,1H3,(H,32,33). The molecule has 3 heteroatoms. The molecular formula is C30H58O3. The molecule has 0 saturated heterocycles. The van der Waals surface area contributed by atoms with E-state index in [0.717, 1.165) is 38.5 Å². The Morgan fingerprint density at radius 3 is 0.909 bits per heavy atom. The fourth-order valence-electron chi connectivity index (χ4n) is 4.65. The van der Waals surface area contributed by atoms with Gasteiger partial charge in [-0.2, -0.15) is 0 Å². The van der Waals surface area contributed by atoms with Crippen molar-refractivity contribution in [3.63, 3.8) is 0 Å². The smallest absolute Gasteiger partial charge is 0.303 e. The van der Waals surface area contributed by atoms with E-state index in [2.05, 4.69) is 6.92 Å². The molecule has 0 aromatic rings. The molecule has 0 radical (unpaired) electrons. The molecule has 0 aromatic heterocycles. The van der Waals surface area contributed by atoms with Gasteiger partial charge in [-0.05, 0) is 19.3 Å². The lowest BCUT2D eigenvalue weighted by Crippen LogP contribution is -1.97. The van der Waals surface area contributed by atoms with E-state index in [-0.39, 0.29) is 0 Å². The van der Waals surface area contributed by atoms with Crippen molar-refractivity contribution in [3.05, 3.63) is 0 Å². The highest BCUT2D eigenvalue weighted by Crippen LogP contribution is 2.15. The average molecular weight is 467 g/mol.